The second-order valence-corrected chi connectivity index (χ2v) is 15.9. The molecule has 0 aromatic rings. The van der Waals surface area contributed by atoms with Gasteiger partial charge in [0.25, 0.3) is 0 Å². The molecule has 0 aromatic heterocycles. The van der Waals surface area contributed by atoms with Crippen LogP contribution in [0.15, 0.2) is 0 Å². The normalized spacial score (nSPS) is 26.2. The summed E-state index contributed by atoms with van der Waals surface area (Å²) in [5.74, 6) is 2.58. The third-order valence-corrected chi connectivity index (χ3v) is 12.0. The monoisotopic (exact) mass is 735 g/mol. The molecule has 4 rings (SSSR count). The molecule has 52 heavy (non-hydrogen) atoms. The van der Waals surface area contributed by atoms with Gasteiger partial charge in [0.1, 0.15) is 5.78 Å². The summed E-state index contributed by atoms with van der Waals surface area (Å²) in [6.07, 6.45) is 24.9. The zero-order valence-corrected chi connectivity index (χ0v) is 32.6. The Morgan fingerprint density at radius 2 is 1.04 bits per heavy atom. The smallest absolute Gasteiger partial charge is 0.222 e. The van der Waals surface area contributed by atoms with Gasteiger partial charge in [-0.15, -0.1) is 0 Å². The van der Waals surface area contributed by atoms with Crippen LogP contribution in [0.4, 0.5) is 0 Å². The molecule has 1 saturated heterocycles. The van der Waals surface area contributed by atoms with E-state index in [9.17, 15) is 14.4 Å². The Kier molecular flexibility index (Phi) is 22.6. The molecule has 2 bridgehead atoms. The van der Waals surface area contributed by atoms with Crippen LogP contribution in [0, 0.1) is 23.7 Å². The molecule has 10 heteroatoms. The topological polar surface area (TPSA) is 121 Å². The van der Waals surface area contributed by atoms with E-state index in [1.807, 2.05) is 0 Å². The molecule has 5 atom stereocenters. The number of rotatable bonds is 24. The summed E-state index contributed by atoms with van der Waals surface area (Å²) in [6.45, 7) is 5.32. The van der Waals surface area contributed by atoms with Gasteiger partial charge in [-0.25, -0.2) is 0 Å². The van der Waals surface area contributed by atoms with Crippen LogP contribution in [-0.4, -0.2) is 102 Å². The molecule has 3 aliphatic carbocycles. The largest absolute Gasteiger partial charge is 0.379 e. The predicted molar refractivity (Wildman–Crippen MR) is 203 cm³/mol. The summed E-state index contributed by atoms with van der Waals surface area (Å²) in [6, 6.07) is 0.401. The molecular formula is C42H74N2O8. The van der Waals surface area contributed by atoms with Crippen LogP contribution in [0.1, 0.15) is 141 Å². The lowest BCUT2D eigenvalue weighted by atomic mass is 9.68. The molecule has 300 valence electrons. The maximum absolute atomic E-state index is 13.5. The number of amides is 1. The molecule has 0 spiro atoms. The first-order valence-corrected chi connectivity index (χ1v) is 21.6. The van der Waals surface area contributed by atoms with Gasteiger partial charge in [-0.1, -0.05) is 70.6 Å². The summed E-state index contributed by atoms with van der Waals surface area (Å²) >= 11 is 0. The minimum absolute atomic E-state index is 0.00189. The van der Waals surface area contributed by atoms with Gasteiger partial charge in [0, 0.05) is 37.3 Å². The first kappa shape index (κ1) is 43.3. The van der Waals surface area contributed by atoms with E-state index in [2.05, 4.69) is 10.6 Å². The number of ether oxygens (including phenoxy) is 5. The van der Waals surface area contributed by atoms with Gasteiger partial charge in [0.2, 0.25) is 5.91 Å². The molecule has 10 nitrogen and oxygen atoms in total. The number of carbonyl (C=O) groups excluding carboxylic acids is 3. The van der Waals surface area contributed by atoms with Gasteiger partial charge in [0.15, 0.2) is 5.78 Å². The van der Waals surface area contributed by atoms with E-state index in [-0.39, 0.29) is 23.8 Å². The van der Waals surface area contributed by atoms with Gasteiger partial charge in [-0.2, -0.15) is 0 Å². The van der Waals surface area contributed by atoms with E-state index < -0.39 is 0 Å². The number of carbonyl (C=O) groups is 3. The van der Waals surface area contributed by atoms with Crippen LogP contribution < -0.4 is 10.6 Å². The number of ketones is 2. The van der Waals surface area contributed by atoms with E-state index in [0.717, 1.165) is 32.1 Å². The summed E-state index contributed by atoms with van der Waals surface area (Å²) < 4.78 is 27.8. The lowest BCUT2D eigenvalue weighted by molar-refractivity contribution is -0.125. The van der Waals surface area contributed by atoms with E-state index in [4.69, 9.17) is 23.7 Å². The second kappa shape index (κ2) is 27.2. The maximum Gasteiger partial charge on any atom is 0.222 e. The number of nitrogens with one attached hydrogen (secondary N) is 2. The Bertz CT molecular complexity index is 968. The van der Waals surface area contributed by atoms with E-state index in [1.165, 1.54) is 96.3 Å². The standard InChI is InChI=1S/C42H74N2O8/c45-38(34-14-8-4-1-2-5-9-15-34)21-24-48-26-28-50-30-32-52-33-31-51-29-27-49-25-22-39(46)43-23-13-12-18-37-42(47)40-35-16-10-6-3-7-11-17-36(20-19-35)41(40)44-37/h34-37,40-41,44H,1-33H2,(H,43,46). The molecule has 1 heterocycles. The predicted octanol–water partition coefficient (Wildman–Crippen LogP) is 6.75. The van der Waals surface area contributed by atoms with E-state index in [0.29, 0.717) is 115 Å². The van der Waals surface area contributed by atoms with Crippen LogP contribution in [0.5, 0.6) is 0 Å². The highest BCUT2D eigenvalue weighted by Crippen LogP contribution is 2.44. The fourth-order valence-electron chi connectivity index (χ4n) is 9.05. The van der Waals surface area contributed by atoms with Crippen molar-refractivity contribution in [2.75, 3.05) is 72.6 Å². The summed E-state index contributed by atoms with van der Waals surface area (Å²) in [4.78, 5) is 38.2. The van der Waals surface area contributed by atoms with Crippen molar-refractivity contribution in [1.29, 1.82) is 0 Å². The first-order valence-electron chi connectivity index (χ1n) is 21.6. The van der Waals surface area contributed by atoms with Crippen molar-refractivity contribution in [3.63, 3.8) is 0 Å². The molecule has 5 unspecified atom stereocenters. The van der Waals surface area contributed by atoms with Crippen LogP contribution in [-0.2, 0) is 38.1 Å². The van der Waals surface area contributed by atoms with Crippen molar-refractivity contribution in [3.05, 3.63) is 0 Å². The Labute approximate surface area is 315 Å². The van der Waals surface area contributed by atoms with Crippen LogP contribution >= 0.6 is 0 Å². The lowest BCUT2D eigenvalue weighted by Crippen LogP contribution is -2.43. The number of hydrogen-bond donors (Lipinski definition) is 2. The maximum atomic E-state index is 13.5. The van der Waals surface area contributed by atoms with Gasteiger partial charge < -0.3 is 34.3 Å². The Balaban J connectivity index is 0.874. The average Bonchev–Trinajstić information content (AvgIpc) is 3.52. The van der Waals surface area contributed by atoms with Crippen molar-refractivity contribution < 1.29 is 38.1 Å². The van der Waals surface area contributed by atoms with Gasteiger partial charge in [-0.05, 0) is 69.6 Å². The lowest BCUT2D eigenvalue weighted by Gasteiger charge is -2.38. The fraction of sp³-hybridized carbons (Fsp3) is 0.929. The van der Waals surface area contributed by atoms with E-state index in [1.54, 1.807) is 0 Å². The van der Waals surface area contributed by atoms with Crippen molar-refractivity contribution in [3.8, 4) is 0 Å². The highest BCUT2D eigenvalue weighted by atomic mass is 16.6. The quantitative estimate of drug-likeness (QED) is 0.104. The Hall–Kier alpha value is -1.43. The molecule has 1 aliphatic heterocycles. The van der Waals surface area contributed by atoms with Crippen LogP contribution in [0.3, 0.4) is 0 Å². The van der Waals surface area contributed by atoms with Crippen molar-refractivity contribution >= 4 is 17.5 Å². The minimum atomic E-state index is 0.00189. The number of Topliss-reactive ketones (excluding diaryl/α,β-unsaturated/α-hetero) is 2. The van der Waals surface area contributed by atoms with Crippen LogP contribution in [0.2, 0.25) is 0 Å². The van der Waals surface area contributed by atoms with Crippen molar-refractivity contribution in [2.45, 2.75) is 153 Å². The molecule has 2 N–H and O–H groups in total. The highest BCUT2D eigenvalue weighted by molar-refractivity contribution is 5.89. The highest BCUT2D eigenvalue weighted by Gasteiger charge is 2.50. The molecule has 4 fully saturated rings. The SMILES string of the molecule is O=C(CCOCCOCCOCCOCCOCCC(=O)C1CCCCCCCC1)NCCCCC1NC2C3CCCCCCCC(CC3)C2C1=O. The summed E-state index contributed by atoms with van der Waals surface area (Å²) in [5, 5.41) is 6.81. The first-order chi connectivity index (χ1) is 25.6. The summed E-state index contributed by atoms with van der Waals surface area (Å²) in [7, 11) is 0. The molecule has 1 amide bonds. The molecular weight excluding hydrogens is 660 g/mol. The summed E-state index contributed by atoms with van der Waals surface area (Å²) in [5.41, 5.74) is 0. The third-order valence-electron chi connectivity index (χ3n) is 12.0. The third kappa shape index (κ3) is 16.9. The fourth-order valence-corrected chi connectivity index (χ4v) is 9.05. The molecule has 0 aromatic carbocycles. The average molecular weight is 735 g/mol. The van der Waals surface area contributed by atoms with Crippen molar-refractivity contribution in [2.24, 2.45) is 23.7 Å². The van der Waals surface area contributed by atoms with Gasteiger partial charge >= 0.3 is 0 Å². The van der Waals surface area contributed by atoms with Gasteiger partial charge in [0.05, 0.1) is 72.1 Å². The van der Waals surface area contributed by atoms with Crippen LogP contribution in [0.25, 0.3) is 0 Å². The van der Waals surface area contributed by atoms with Gasteiger partial charge in [-0.3, -0.25) is 14.4 Å². The molecule has 0 radical (unpaired) electrons. The zero-order chi connectivity index (χ0) is 36.5. The number of unbranched alkanes of at least 4 members (excludes halogenated alkanes) is 1. The minimum Gasteiger partial charge on any atom is -0.379 e. The zero-order valence-electron chi connectivity index (χ0n) is 32.6. The Morgan fingerprint density at radius 3 is 1.63 bits per heavy atom. The van der Waals surface area contributed by atoms with E-state index >= 15 is 0 Å². The van der Waals surface area contributed by atoms with Crippen molar-refractivity contribution in [1.82, 2.24) is 10.6 Å². The Morgan fingerprint density at radius 1 is 0.558 bits per heavy atom. The second-order valence-electron chi connectivity index (χ2n) is 15.9. The number of hydrogen-bond acceptors (Lipinski definition) is 9. The molecule has 4 aliphatic rings. The molecule has 3 saturated carbocycles.